The Hall–Kier alpha value is -1.82. The fourth-order valence-electron chi connectivity index (χ4n) is 2.16. The van der Waals surface area contributed by atoms with Crippen LogP contribution in [0.25, 0.3) is 11.4 Å². The quantitative estimate of drug-likeness (QED) is 0.854. The van der Waals surface area contributed by atoms with Gasteiger partial charge in [0.1, 0.15) is 0 Å². The van der Waals surface area contributed by atoms with E-state index in [1.165, 1.54) is 6.07 Å². The monoisotopic (exact) mass is 296 g/mol. The van der Waals surface area contributed by atoms with Crippen LogP contribution in [0.1, 0.15) is 12.8 Å². The largest absolute Gasteiger partial charge is 0.341 e. The lowest BCUT2D eigenvalue weighted by Crippen LogP contribution is -2.21. The minimum atomic E-state index is -0.943. The van der Waals surface area contributed by atoms with Crippen LogP contribution in [0.5, 0.6) is 0 Å². The highest BCUT2D eigenvalue weighted by Gasteiger charge is 2.18. The molecule has 0 aliphatic carbocycles. The van der Waals surface area contributed by atoms with Gasteiger partial charge in [-0.25, -0.2) is 8.78 Å². The molecule has 2 heterocycles. The van der Waals surface area contributed by atoms with Crippen molar-refractivity contribution in [2.24, 2.45) is 0 Å². The number of hydrogen-bond donors (Lipinski definition) is 0. The van der Waals surface area contributed by atoms with E-state index in [0.29, 0.717) is 11.5 Å². The van der Waals surface area contributed by atoms with E-state index in [1.54, 1.807) is 0 Å². The van der Waals surface area contributed by atoms with Gasteiger partial charge in [0.25, 0.3) is 0 Å². The summed E-state index contributed by atoms with van der Waals surface area (Å²) in [5, 5.41) is 0.0432. The molecule has 20 heavy (non-hydrogen) atoms. The Morgan fingerprint density at radius 3 is 2.45 bits per heavy atom. The third kappa shape index (κ3) is 2.56. The molecule has 0 amide bonds. The molecule has 1 fully saturated rings. The van der Waals surface area contributed by atoms with E-state index < -0.39 is 11.6 Å². The minimum Gasteiger partial charge on any atom is -0.341 e. The van der Waals surface area contributed by atoms with Crippen molar-refractivity contribution in [3.63, 3.8) is 0 Å². The number of anilines is 1. The average Bonchev–Trinajstić information content (AvgIpc) is 2.95. The molecule has 0 spiro atoms. The second-order valence-corrected chi connectivity index (χ2v) is 4.89. The molecule has 0 N–H and O–H groups in total. The number of halogens is 3. The lowest BCUT2D eigenvalue weighted by molar-refractivity contribution is 0.509. The van der Waals surface area contributed by atoms with Crippen molar-refractivity contribution in [1.29, 1.82) is 0 Å². The summed E-state index contributed by atoms with van der Waals surface area (Å²) in [5.74, 6) is -1.14. The first-order chi connectivity index (χ1) is 9.63. The maximum absolute atomic E-state index is 13.3. The number of rotatable bonds is 2. The van der Waals surface area contributed by atoms with Crippen molar-refractivity contribution in [1.82, 2.24) is 15.0 Å². The summed E-state index contributed by atoms with van der Waals surface area (Å²) in [6.45, 7) is 1.72. The molecular formula is C13H11ClF2N4. The summed E-state index contributed by atoms with van der Waals surface area (Å²) in [6, 6.07) is 3.50. The summed E-state index contributed by atoms with van der Waals surface area (Å²) in [5.41, 5.74) is 0.369. The van der Waals surface area contributed by atoms with Crippen LogP contribution >= 0.6 is 11.6 Å². The maximum Gasteiger partial charge on any atom is 0.230 e. The summed E-state index contributed by atoms with van der Waals surface area (Å²) in [4.78, 5) is 14.3. The Labute approximate surface area is 119 Å². The fourth-order valence-corrected chi connectivity index (χ4v) is 2.32. The van der Waals surface area contributed by atoms with Crippen LogP contribution in [0.4, 0.5) is 14.7 Å². The molecule has 1 aliphatic heterocycles. The van der Waals surface area contributed by atoms with E-state index >= 15 is 0 Å². The van der Waals surface area contributed by atoms with E-state index in [0.717, 1.165) is 38.1 Å². The Morgan fingerprint density at radius 1 is 1.00 bits per heavy atom. The molecule has 0 bridgehead atoms. The maximum atomic E-state index is 13.3. The molecule has 3 rings (SSSR count). The third-order valence-electron chi connectivity index (χ3n) is 3.16. The first kappa shape index (κ1) is 13.2. The van der Waals surface area contributed by atoms with Gasteiger partial charge in [0.05, 0.1) is 0 Å². The Morgan fingerprint density at radius 2 is 1.75 bits per heavy atom. The van der Waals surface area contributed by atoms with Gasteiger partial charge in [0, 0.05) is 18.7 Å². The molecule has 0 saturated carbocycles. The van der Waals surface area contributed by atoms with Gasteiger partial charge in [-0.15, -0.1) is 0 Å². The van der Waals surface area contributed by atoms with Gasteiger partial charge < -0.3 is 4.90 Å². The zero-order valence-electron chi connectivity index (χ0n) is 10.5. The van der Waals surface area contributed by atoms with Crippen molar-refractivity contribution in [3.8, 4) is 11.4 Å². The van der Waals surface area contributed by atoms with Crippen LogP contribution in [-0.4, -0.2) is 28.0 Å². The minimum absolute atomic E-state index is 0.0432. The molecular weight excluding hydrogens is 286 g/mol. The third-order valence-corrected chi connectivity index (χ3v) is 3.33. The van der Waals surface area contributed by atoms with Crippen molar-refractivity contribution in [2.75, 3.05) is 18.0 Å². The Kier molecular flexibility index (Phi) is 3.48. The Bertz CT molecular complexity index is 644. The molecule has 0 radical (unpaired) electrons. The van der Waals surface area contributed by atoms with E-state index in [1.807, 2.05) is 4.90 Å². The summed E-state index contributed by atoms with van der Waals surface area (Å²) >= 11 is 5.89. The number of benzene rings is 1. The van der Waals surface area contributed by atoms with E-state index in [2.05, 4.69) is 15.0 Å². The molecule has 1 aliphatic rings. The second kappa shape index (κ2) is 5.28. The van der Waals surface area contributed by atoms with Crippen molar-refractivity contribution < 1.29 is 8.78 Å². The topological polar surface area (TPSA) is 41.9 Å². The summed E-state index contributed by atoms with van der Waals surface area (Å²) in [7, 11) is 0. The van der Waals surface area contributed by atoms with Crippen LogP contribution in [0.3, 0.4) is 0 Å². The normalized spacial score (nSPS) is 14.8. The Balaban J connectivity index is 2.02. The lowest BCUT2D eigenvalue weighted by Gasteiger charge is -2.15. The molecule has 1 aromatic carbocycles. The van der Waals surface area contributed by atoms with Crippen molar-refractivity contribution in [2.45, 2.75) is 12.8 Å². The second-order valence-electron chi connectivity index (χ2n) is 4.55. The van der Waals surface area contributed by atoms with Crippen LogP contribution in [0.15, 0.2) is 18.2 Å². The number of aromatic nitrogens is 3. The van der Waals surface area contributed by atoms with Gasteiger partial charge in [-0.1, -0.05) is 0 Å². The van der Waals surface area contributed by atoms with Gasteiger partial charge in [-0.2, -0.15) is 15.0 Å². The average molecular weight is 297 g/mol. The van der Waals surface area contributed by atoms with Gasteiger partial charge in [0.15, 0.2) is 17.5 Å². The summed E-state index contributed by atoms with van der Waals surface area (Å²) < 4.78 is 26.2. The van der Waals surface area contributed by atoms with Gasteiger partial charge in [-0.3, -0.25) is 0 Å². The zero-order chi connectivity index (χ0) is 14.1. The smallest absolute Gasteiger partial charge is 0.230 e. The predicted molar refractivity (Wildman–Crippen MR) is 71.6 cm³/mol. The number of nitrogens with zero attached hydrogens (tertiary/aromatic N) is 4. The highest BCUT2D eigenvalue weighted by atomic mass is 35.5. The molecule has 104 valence electrons. The predicted octanol–water partition coefficient (Wildman–Crippen LogP) is 3.07. The highest BCUT2D eigenvalue weighted by Crippen LogP contribution is 2.23. The van der Waals surface area contributed by atoms with E-state index in [-0.39, 0.29) is 11.1 Å². The SMILES string of the molecule is Fc1ccc(-c2nc(Cl)nc(N3CCCC3)n2)cc1F. The van der Waals surface area contributed by atoms with Gasteiger partial charge in [-0.05, 0) is 42.6 Å². The van der Waals surface area contributed by atoms with Crippen LogP contribution < -0.4 is 4.90 Å². The summed E-state index contributed by atoms with van der Waals surface area (Å²) in [6.07, 6.45) is 2.15. The standard InChI is InChI=1S/C13H11ClF2N4/c14-12-17-11(8-3-4-9(15)10(16)7-8)18-13(19-12)20-5-1-2-6-20/h3-4,7H,1-2,5-6H2. The van der Waals surface area contributed by atoms with Crippen LogP contribution in [-0.2, 0) is 0 Å². The fraction of sp³-hybridized carbons (Fsp3) is 0.308. The van der Waals surface area contributed by atoms with Crippen LogP contribution in [0.2, 0.25) is 5.28 Å². The molecule has 7 heteroatoms. The molecule has 0 atom stereocenters. The molecule has 0 unspecified atom stereocenters. The molecule has 4 nitrogen and oxygen atoms in total. The van der Waals surface area contributed by atoms with Crippen LogP contribution in [0, 0.1) is 11.6 Å². The first-order valence-electron chi connectivity index (χ1n) is 6.25. The lowest BCUT2D eigenvalue weighted by atomic mass is 10.2. The van der Waals surface area contributed by atoms with E-state index in [4.69, 9.17) is 11.6 Å². The molecule has 2 aromatic rings. The molecule has 1 saturated heterocycles. The van der Waals surface area contributed by atoms with Crippen molar-refractivity contribution in [3.05, 3.63) is 35.1 Å². The van der Waals surface area contributed by atoms with Gasteiger partial charge >= 0.3 is 0 Å². The zero-order valence-corrected chi connectivity index (χ0v) is 11.2. The first-order valence-corrected chi connectivity index (χ1v) is 6.63. The van der Waals surface area contributed by atoms with Crippen molar-refractivity contribution >= 4 is 17.5 Å². The number of hydrogen-bond acceptors (Lipinski definition) is 4. The van der Waals surface area contributed by atoms with Gasteiger partial charge in [0.2, 0.25) is 11.2 Å². The molecule has 1 aromatic heterocycles. The van der Waals surface area contributed by atoms with E-state index in [9.17, 15) is 8.78 Å². The highest BCUT2D eigenvalue weighted by molar-refractivity contribution is 6.28.